The van der Waals surface area contributed by atoms with E-state index in [-0.39, 0.29) is 30.0 Å². The van der Waals surface area contributed by atoms with Gasteiger partial charge in [0.15, 0.2) is 16.6 Å². The van der Waals surface area contributed by atoms with Gasteiger partial charge in [0.25, 0.3) is 5.91 Å². The van der Waals surface area contributed by atoms with Crippen LogP contribution in [0.5, 0.6) is 11.5 Å². The van der Waals surface area contributed by atoms with E-state index in [1.54, 1.807) is 17.0 Å². The number of nitrogens with zero attached hydrogens (tertiary/aromatic N) is 4. The third-order valence-corrected chi connectivity index (χ3v) is 9.34. The van der Waals surface area contributed by atoms with Gasteiger partial charge in [-0.2, -0.15) is 4.31 Å². The van der Waals surface area contributed by atoms with Gasteiger partial charge in [-0.05, 0) is 64.2 Å². The van der Waals surface area contributed by atoms with Crippen molar-refractivity contribution in [3.05, 3.63) is 42.0 Å². The number of piperidine rings is 1. The normalized spacial score (nSPS) is 15.6. The molecule has 0 aliphatic carbocycles. The highest BCUT2D eigenvalue weighted by Crippen LogP contribution is 2.40. The molecular weight excluding hydrogens is 536 g/mol. The van der Waals surface area contributed by atoms with E-state index in [4.69, 9.17) is 14.5 Å². The average molecular weight is 566 g/mol. The van der Waals surface area contributed by atoms with Gasteiger partial charge in [-0.25, -0.2) is 13.4 Å². The fourth-order valence-electron chi connectivity index (χ4n) is 4.43. The molecule has 0 atom stereocenters. The number of benzene rings is 2. The van der Waals surface area contributed by atoms with E-state index >= 15 is 0 Å². The number of sulfonamides is 1. The third-order valence-electron chi connectivity index (χ3n) is 6.39. The monoisotopic (exact) mass is 565 g/mol. The van der Waals surface area contributed by atoms with Gasteiger partial charge in [-0.15, -0.1) is 0 Å². The Labute approximate surface area is 227 Å². The number of anilines is 1. The number of carbonyl (C=O) groups excluding carboxylic acids is 1. The Morgan fingerprint density at radius 2 is 1.70 bits per heavy atom. The molecule has 2 aliphatic heterocycles. The molecule has 3 aromatic rings. The van der Waals surface area contributed by atoms with Gasteiger partial charge < -0.3 is 26.8 Å². The lowest BCUT2D eigenvalue weighted by atomic mass is 10.2. The number of ether oxygens (including phenoxy) is 2. The molecule has 2 aliphatic rings. The zero-order valence-corrected chi connectivity index (χ0v) is 23.2. The van der Waals surface area contributed by atoms with Crippen molar-refractivity contribution in [2.24, 2.45) is 0 Å². The Bertz CT molecular complexity index is 1310. The van der Waals surface area contributed by atoms with Crippen molar-refractivity contribution in [3.63, 3.8) is 0 Å². The summed E-state index contributed by atoms with van der Waals surface area (Å²) in [6, 6.07) is 9.99. The Kier molecular flexibility index (Phi) is 8.59. The number of aromatic nitrogens is 1. The summed E-state index contributed by atoms with van der Waals surface area (Å²) in [5.74, 6) is 1.11. The van der Waals surface area contributed by atoms with Crippen LogP contribution in [0.3, 0.4) is 0 Å². The molecule has 1 amide bonds. The van der Waals surface area contributed by atoms with Crippen molar-refractivity contribution < 1.29 is 35.1 Å². The summed E-state index contributed by atoms with van der Waals surface area (Å²) in [4.78, 5) is 22.3. The van der Waals surface area contributed by atoms with Crippen LogP contribution in [0.15, 0.2) is 41.3 Å². The minimum Gasteiger partial charge on any atom is -1.00 e. The molecule has 1 saturated heterocycles. The largest absolute Gasteiger partial charge is 1.00 e. The maximum absolute atomic E-state index is 13.6. The maximum Gasteiger partial charge on any atom is 0.260 e. The summed E-state index contributed by atoms with van der Waals surface area (Å²) >= 11 is 1.42. The van der Waals surface area contributed by atoms with Crippen LogP contribution in [0.25, 0.3) is 10.2 Å². The molecule has 12 heteroatoms. The second-order valence-electron chi connectivity index (χ2n) is 9.27. The van der Waals surface area contributed by atoms with Crippen LogP contribution in [-0.2, 0) is 10.0 Å². The molecule has 200 valence electrons. The van der Waals surface area contributed by atoms with E-state index < -0.39 is 10.0 Å². The van der Waals surface area contributed by atoms with E-state index in [0.717, 1.165) is 42.4 Å². The lowest BCUT2D eigenvalue weighted by molar-refractivity contribution is -0.0000190. The van der Waals surface area contributed by atoms with Gasteiger partial charge in [0, 0.05) is 37.3 Å². The van der Waals surface area contributed by atoms with E-state index in [2.05, 4.69) is 4.90 Å². The van der Waals surface area contributed by atoms with Crippen LogP contribution in [0, 0.1) is 0 Å². The SMILES string of the molecule is CN(C)CCCN(C(=O)c1ccc(S(=O)(=O)N2CCCCC2)cc1)c1nc2cc3c(cc2s1)OCO3.[Cl-]. The zero-order chi connectivity index (χ0) is 25.3. The van der Waals surface area contributed by atoms with E-state index in [1.807, 2.05) is 26.2 Å². The molecule has 0 saturated carbocycles. The molecule has 0 bridgehead atoms. The molecule has 0 spiro atoms. The number of hydrogen-bond acceptors (Lipinski definition) is 8. The van der Waals surface area contributed by atoms with Crippen LogP contribution in [0.1, 0.15) is 36.0 Å². The molecule has 3 heterocycles. The average Bonchev–Trinajstić information content (AvgIpc) is 3.51. The van der Waals surface area contributed by atoms with Crippen molar-refractivity contribution in [1.82, 2.24) is 14.2 Å². The number of thiazole rings is 1. The van der Waals surface area contributed by atoms with Crippen LogP contribution in [-0.4, -0.2) is 75.6 Å². The van der Waals surface area contributed by atoms with E-state index in [1.165, 1.54) is 27.8 Å². The van der Waals surface area contributed by atoms with Crippen molar-refractivity contribution in [1.29, 1.82) is 0 Å². The van der Waals surface area contributed by atoms with Gasteiger partial charge in [0.05, 0.1) is 15.1 Å². The second kappa shape index (κ2) is 11.5. The molecule has 2 aromatic carbocycles. The molecule has 1 fully saturated rings. The fourth-order valence-corrected chi connectivity index (χ4v) is 6.95. The summed E-state index contributed by atoms with van der Waals surface area (Å²) < 4.78 is 39.4. The molecule has 37 heavy (non-hydrogen) atoms. The molecule has 0 radical (unpaired) electrons. The topological polar surface area (TPSA) is 92.3 Å². The fraction of sp³-hybridized carbons (Fsp3) is 0.440. The predicted molar refractivity (Wildman–Crippen MR) is 140 cm³/mol. The first-order valence-electron chi connectivity index (χ1n) is 12.1. The highest BCUT2D eigenvalue weighted by molar-refractivity contribution is 7.89. The van der Waals surface area contributed by atoms with E-state index in [9.17, 15) is 13.2 Å². The molecule has 0 N–H and O–H groups in total. The standard InChI is InChI=1S/C25H30N4O5S2.ClH/c1-27(2)11-6-14-29(25-26-20-15-21-22(34-17-33-21)16-23(20)35-25)24(30)18-7-9-19(10-8-18)36(31,32)28-12-4-3-5-13-28;/h7-10,15-16H,3-6,11-14,17H2,1-2H3;1H/p-1. The number of amides is 1. The van der Waals surface area contributed by atoms with Gasteiger partial charge in [-0.3, -0.25) is 9.69 Å². The summed E-state index contributed by atoms with van der Waals surface area (Å²) in [6.07, 6.45) is 3.57. The zero-order valence-electron chi connectivity index (χ0n) is 20.9. The lowest BCUT2D eigenvalue weighted by Crippen LogP contribution is -3.00. The van der Waals surface area contributed by atoms with Gasteiger partial charge in [-0.1, -0.05) is 17.8 Å². The molecule has 0 unspecified atom stereocenters. The van der Waals surface area contributed by atoms with Gasteiger partial charge >= 0.3 is 0 Å². The number of halogens is 1. The Hall–Kier alpha value is -2.44. The summed E-state index contributed by atoms with van der Waals surface area (Å²) in [6.45, 7) is 2.58. The van der Waals surface area contributed by atoms with Crippen molar-refractivity contribution in [3.8, 4) is 11.5 Å². The molecular formula is C25H30ClN4O5S2-. The molecule has 9 nitrogen and oxygen atoms in total. The highest BCUT2D eigenvalue weighted by atomic mass is 35.5. The third kappa shape index (κ3) is 5.85. The van der Waals surface area contributed by atoms with Crippen LogP contribution in [0.2, 0.25) is 0 Å². The maximum atomic E-state index is 13.6. The molecule has 5 rings (SSSR count). The first-order valence-corrected chi connectivity index (χ1v) is 14.4. The number of fused-ring (bicyclic) bond motifs is 2. The van der Waals surface area contributed by atoms with Crippen molar-refractivity contribution in [2.75, 3.05) is 52.0 Å². The minimum absolute atomic E-state index is 0. The Morgan fingerprint density at radius 3 is 2.38 bits per heavy atom. The van der Waals surface area contributed by atoms with Crippen LogP contribution in [0.4, 0.5) is 5.13 Å². The first kappa shape index (κ1) is 27.6. The summed E-state index contributed by atoms with van der Waals surface area (Å²) in [5, 5.41) is 0.586. The van der Waals surface area contributed by atoms with Crippen LogP contribution >= 0.6 is 11.3 Å². The summed E-state index contributed by atoms with van der Waals surface area (Å²) in [7, 11) is 0.432. The quantitative estimate of drug-likeness (QED) is 0.399. The van der Waals surface area contributed by atoms with E-state index in [0.29, 0.717) is 41.8 Å². The second-order valence-corrected chi connectivity index (χ2v) is 12.2. The number of rotatable bonds is 8. The lowest BCUT2D eigenvalue weighted by Gasteiger charge is -2.26. The van der Waals surface area contributed by atoms with Gasteiger partial charge in [0.1, 0.15) is 0 Å². The highest BCUT2D eigenvalue weighted by Gasteiger charge is 2.27. The number of hydrogen-bond donors (Lipinski definition) is 0. The van der Waals surface area contributed by atoms with Crippen molar-refractivity contribution in [2.45, 2.75) is 30.6 Å². The Morgan fingerprint density at radius 1 is 1.03 bits per heavy atom. The first-order chi connectivity index (χ1) is 17.3. The summed E-state index contributed by atoms with van der Waals surface area (Å²) in [5.41, 5.74) is 1.17. The predicted octanol–water partition coefficient (Wildman–Crippen LogP) is 0.802. The van der Waals surface area contributed by atoms with Crippen molar-refractivity contribution >= 4 is 42.6 Å². The Balaban J connectivity index is 0.00000320. The number of carbonyl (C=O) groups is 1. The van der Waals surface area contributed by atoms with Crippen LogP contribution < -0.4 is 26.8 Å². The minimum atomic E-state index is -3.55. The van der Waals surface area contributed by atoms with Gasteiger partial charge in [0.2, 0.25) is 16.8 Å². The smallest absolute Gasteiger partial charge is 0.260 e. The molecule has 1 aromatic heterocycles.